The van der Waals surface area contributed by atoms with Gasteiger partial charge in [0.25, 0.3) is 5.91 Å². The highest BCUT2D eigenvalue weighted by Crippen LogP contribution is 2.27. The summed E-state index contributed by atoms with van der Waals surface area (Å²) in [5.41, 5.74) is 0.434. The third-order valence-corrected chi connectivity index (χ3v) is 4.45. The topological polar surface area (TPSA) is 87.9 Å². The predicted octanol–water partition coefficient (Wildman–Crippen LogP) is 3.12. The summed E-state index contributed by atoms with van der Waals surface area (Å²) in [5.74, 6) is 0.603. The molecule has 0 atom stereocenters. The molecule has 6 nitrogen and oxygen atoms in total. The molecule has 0 spiro atoms. The van der Waals surface area contributed by atoms with Crippen molar-refractivity contribution in [2.75, 3.05) is 0 Å². The number of ether oxygens (including phenoxy) is 1. The molecule has 1 aliphatic rings. The van der Waals surface area contributed by atoms with E-state index >= 15 is 0 Å². The number of hydrogen-bond acceptors (Lipinski definition) is 5. The molecule has 3 rings (SSSR count). The summed E-state index contributed by atoms with van der Waals surface area (Å²) in [5, 5.41) is 12.3. The molecule has 7 heteroatoms. The highest BCUT2D eigenvalue weighted by Gasteiger charge is 2.24. The van der Waals surface area contributed by atoms with Crippen LogP contribution in [0.15, 0.2) is 36.7 Å². The lowest BCUT2D eigenvalue weighted by Gasteiger charge is -2.29. The number of nitrogens with one attached hydrogen (secondary N) is 1. The number of halogens is 1. The number of benzene rings is 1. The standard InChI is InChI=1S/C18H17ClN4O2/c19-16-10-15(5-2-12(16)11-20)25-14-6-3-13(4-7-14)23-18(24)17-21-8-1-9-22-17/h1-2,5,8-10,13-14H,3-4,6-7H2,(H,23,24)/t13-,14-. The fraction of sp³-hybridized carbons (Fsp3) is 0.333. The zero-order valence-electron chi connectivity index (χ0n) is 13.5. The highest BCUT2D eigenvalue weighted by atomic mass is 35.5. The number of aromatic nitrogens is 2. The molecule has 1 saturated carbocycles. The Balaban J connectivity index is 1.50. The van der Waals surface area contributed by atoms with Gasteiger partial charge in [-0.05, 0) is 43.9 Å². The van der Waals surface area contributed by atoms with Gasteiger partial charge in [-0.2, -0.15) is 5.26 Å². The maximum Gasteiger partial charge on any atom is 0.289 e. The number of hydrogen-bond donors (Lipinski definition) is 1. The molecule has 0 aliphatic heterocycles. The summed E-state index contributed by atoms with van der Waals surface area (Å²) in [4.78, 5) is 20.0. The van der Waals surface area contributed by atoms with E-state index in [9.17, 15) is 4.79 Å². The average Bonchev–Trinajstić information content (AvgIpc) is 2.64. The summed E-state index contributed by atoms with van der Waals surface area (Å²) in [7, 11) is 0. The Morgan fingerprint density at radius 2 is 1.96 bits per heavy atom. The number of nitrogens with zero attached hydrogens (tertiary/aromatic N) is 3. The molecule has 1 aliphatic carbocycles. The number of carbonyl (C=O) groups excluding carboxylic acids is 1. The second kappa shape index (κ2) is 7.95. The summed E-state index contributed by atoms with van der Waals surface area (Å²) in [6.45, 7) is 0. The first kappa shape index (κ1) is 17.2. The third kappa shape index (κ3) is 4.46. The molecule has 0 radical (unpaired) electrons. The van der Waals surface area contributed by atoms with Crippen LogP contribution in [0, 0.1) is 11.3 Å². The van der Waals surface area contributed by atoms with E-state index in [0.717, 1.165) is 25.7 Å². The van der Waals surface area contributed by atoms with Crippen LogP contribution in [0.3, 0.4) is 0 Å². The van der Waals surface area contributed by atoms with E-state index < -0.39 is 0 Å². The Kier molecular flexibility index (Phi) is 5.46. The van der Waals surface area contributed by atoms with Crippen molar-refractivity contribution in [2.45, 2.75) is 37.8 Å². The average molecular weight is 357 g/mol. The zero-order valence-corrected chi connectivity index (χ0v) is 14.2. The van der Waals surface area contributed by atoms with Crippen molar-refractivity contribution in [3.8, 4) is 11.8 Å². The summed E-state index contributed by atoms with van der Waals surface area (Å²) in [6, 6.07) is 8.88. The van der Waals surface area contributed by atoms with Gasteiger partial charge in [0.1, 0.15) is 11.8 Å². The SMILES string of the molecule is N#Cc1ccc(O[C@H]2CC[C@H](NC(=O)c3ncccn3)CC2)cc1Cl. The molecule has 0 bridgehead atoms. The van der Waals surface area contributed by atoms with E-state index in [1.165, 1.54) is 0 Å². The van der Waals surface area contributed by atoms with Crippen LogP contribution in [0.5, 0.6) is 5.75 Å². The van der Waals surface area contributed by atoms with Gasteiger partial charge in [0, 0.05) is 24.5 Å². The first-order valence-electron chi connectivity index (χ1n) is 8.10. The van der Waals surface area contributed by atoms with E-state index in [1.54, 1.807) is 36.7 Å². The fourth-order valence-electron chi connectivity index (χ4n) is 2.84. The Morgan fingerprint density at radius 1 is 1.24 bits per heavy atom. The Bertz CT molecular complexity index is 783. The van der Waals surface area contributed by atoms with Gasteiger partial charge in [-0.25, -0.2) is 9.97 Å². The third-order valence-electron chi connectivity index (χ3n) is 4.14. The number of rotatable bonds is 4. The van der Waals surface area contributed by atoms with Crippen molar-refractivity contribution in [3.05, 3.63) is 53.1 Å². The largest absolute Gasteiger partial charge is 0.490 e. The Labute approximate surface area is 150 Å². The molecule has 0 unspecified atom stereocenters. The first-order chi connectivity index (χ1) is 12.2. The Hall–Kier alpha value is -2.65. The van der Waals surface area contributed by atoms with Crippen molar-refractivity contribution in [1.29, 1.82) is 5.26 Å². The van der Waals surface area contributed by atoms with Crippen molar-refractivity contribution >= 4 is 17.5 Å². The summed E-state index contributed by atoms with van der Waals surface area (Å²) < 4.78 is 5.94. The molecule has 1 aromatic carbocycles. The van der Waals surface area contributed by atoms with E-state index in [4.69, 9.17) is 21.6 Å². The van der Waals surface area contributed by atoms with Crippen LogP contribution in [0.1, 0.15) is 41.9 Å². The van der Waals surface area contributed by atoms with Gasteiger partial charge in [-0.1, -0.05) is 11.6 Å². The minimum atomic E-state index is -0.246. The molecule has 1 heterocycles. The van der Waals surface area contributed by atoms with Crippen LogP contribution in [0.4, 0.5) is 0 Å². The maximum atomic E-state index is 12.1. The molecule has 2 aromatic rings. The summed E-state index contributed by atoms with van der Waals surface area (Å²) >= 11 is 6.02. The lowest BCUT2D eigenvalue weighted by molar-refractivity contribution is 0.0883. The van der Waals surface area contributed by atoms with Crippen LogP contribution in [-0.2, 0) is 0 Å². The smallest absolute Gasteiger partial charge is 0.289 e. The predicted molar refractivity (Wildman–Crippen MR) is 92.3 cm³/mol. The van der Waals surface area contributed by atoms with Crippen molar-refractivity contribution < 1.29 is 9.53 Å². The lowest BCUT2D eigenvalue weighted by Crippen LogP contribution is -2.40. The summed E-state index contributed by atoms with van der Waals surface area (Å²) in [6.07, 6.45) is 6.49. The van der Waals surface area contributed by atoms with Gasteiger partial charge in [0.15, 0.2) is 0 Å². The molecular formula is C18H17ClN4O2. The van der Waals surface area contributed by atoms with Gasteiger partial charge in [0.2, 0.25) is 5.82 Å². The second-order valence-corrected chi connectivity index (χ2v) is 6.30. The molecule has 128 valence electrons. The molecule has 25 heavy (non-hydrogen) atoms. The Morgan fingerprint density at radius 3 is 2.60 bits per heavy atom. The first-order valence-corrected chi connectivity index (χ1v) is 8.47. The van der Waals surface area contributed by atoms with Crippen molar-refractivity contribution in [2.24, 2.45) is 0 Å². The van der Waals surface area contributed by atoms with Crippen molar-refractivity contribution in [3.63, 3.8) is 0 Å². The quantitative estimate of drug-likeness (QED) is 0.909. The maximum absolute atomic E-state index is 12.1. The molecule has 0 saturated heterocycles. The van der Waals surface area contributed by atoms with Gasteiger partial charge >= 0.3 is 0 Å². The molecule has 1 aromatic heterocycles. The monoisotopic (exact) mass is 356 g/mol. The number of carbonyl (C=O) groups is 1. The molecule has 1 N–H and O–H groups in total. The normalized spacial score (nSPS) is 19.7. The lowest BCUT2D eigenvalue weighted by atomic mass is 9.93. The van der Waals surface area contributed by atoms with E-state index in [1.807, 2.05) is 6.07 Å². The van der Waals surface area contributed by atoms with Gasteiger partial charge in [0.05, 0.1) is 16.7 Å². The van der Waals surface area contributed by atoms with Gasteiger partial charge < -0.3 is 10.1 Å². The molecular weight excluding hydrogens is 340 g/mol. The highest BCUT2D eigenvalue weighted by molar-refractivity contribution is 6.31. The minimum absolute atomic E-state index is 0.0742. The van der Waals surface area contributed by atoms with Crippen LogP contribution >= 0.6 is 11.6 Å². The van der Waals surface area contributed by atoms with E-state index in [0.29, 0.717) is 16.3 Å². The van der Waals surface area contributed by atoms with E-state index in [-0.39, 0.29) is 23.9 Å². The van der Waals surface area contributed by atoms with E-state index in [2.05, 4.69) is 15.3 Å². The minimum Gasteiger partial charge on any atom is -0.490 e. The second-order valence-electron chi connectivity index (χ2n) is 5.89. The zero-order chi connectivity index (χ0) is 17.6. The molecule has 1 fully saturated rings. The van der Waals surface area contributed by atoms with Crippen molar-refractivity contribution in [1.82, 2.24) is 15.3 Å². The van der Waals surface area contributed by atoms with Crippen LogP contribution < -0.4 is 10.1 Å². The van der Waals surface area contributed by atoms with Crippen LogP contribution in [0.2, 0.25) is 5.02 Å². The number of nitriles is 1. The fourth-order valence-corrected chi connectivity index (χ4v) is 3.06. The van der Waals surface area contributed by atoms with Crippen LogP contribution in [-0.4, -0.2) is 28.0 Å². The molecule has 1 amide bonds. The van der Waals surface area contributed by atoms with Gasteiger partial charge in [-0.3, -0.25) is 4.79 Å². The number of amides is 1. The van der Waals surface area contributed by atoms with Crippen LogP contribution in [0.25, 0.3) is 0 Å². The van der Waals surface area contributed by atoms with Gasteiger partial charge in [-0.15, -0.1) is 0 Å².